The minimum absolute atomic E-state index is 0.918. The first kappa shape index (κ1) is 21.3. The van der Waals surface area contributed by atoms with Gasteiger partial charge in [-0.25, -0.2) is 0 Å². The van der Waals surface area contributed by atoms with Crippen molar-refractivity contribution >= 4 is 76.3 Å². The number of furan rings is 1. The van der Waals surface area contributed by atoms with E-state index in [1.54, 1.807) is 0 Å². The van der Waals surface area contributed by atoms with E-state index < -0.39 is 0 Å². The molecule has 10 aromatic rings. The van der Waals surface area contributed by atoms with E-state index in [1.165, 1.54) is 65.3 Å². The lowest BCUT2D eigenvalue weighted by molar-refractivity contribution is 0.669. The summed E-state index contributed by atoms with van der Waals surface area (Å²) in [5, 5.41) is 9.86. The number of fused-ring (bicyclic) bond motifs is 3. The Morgan fingerprint density at radius 1 is 0.366 bits per heavy atom. The van der Waals surface area contributed by atoms with Crippen LogP contribution in [-0.2, 0) is 0 Å². The second-order valence-corrected chi connectivity index (χ2v) is 11.0. The molecule has 0 spiro atoms. The maximum absolute atomic E-state index is 6.45. The molecule has 0 aliphatic heterocycles. The molecule has 3 heteroatoms. The molecule has 7 aromatic carbocycles. The van der Waals surface area contributed by atoms with Crippen LogP contribution >= 0.6 is 0 Å². The number of nitrogens with zero attached hydrogens (tertiary/aromatic N) is 2. The lowest BCUT2D eigenvalue weighted by Crippen LogP contribution is -1.98. The highest BCUT2D eigenvalue weighted by Gasteiger charge is 2.21. The Morgan fingerprint density at radius 2 is 1.02 bits per heavy atom. The van der Waals surface area contributed by atoms with Gasteiger partial charge in [-0.05, 0) is 71.4 Å². The fourth-order valence-corrected chi connectivity index (χ4v) is 7.20. The van der Waals surface area contributed by atoms with Gasteiger partial charge in [0.05, 0.1) is 27.5 Å². The molecule has 3 nitrogen and oxygen atoms in total. The zero-order valence-electron chi connectivity index (χ0n) is 22.0. The van der Waals surface area contributed by atoms with Crippen molar-refractivity contribution in [3.8, 4) is 11.4 Å². The lowest BCUT2D eigenvalue weighted by Gasteiger charge is -2.14. The van der Waals surface area contributed by atoms with Crippen molar-refractivity contribution in [2.45, 2.75) is 0 Å². The minimum atomic E-state index is 0.918. The maximum atomic E-state index is 6.45. The van der Waals surface area contributed by atoms with Gasteiger partial charge in [0.25, 0.3) is 0 Å². The Kier molecular flexibility index (Phi) is 3.93. The van der Waals surface area contributed by atoms with E-state index in [4.69, 9.17) is 4.42 Å². The van der Waals surface area contributed by atoms with Gasteiger partial charge in [0.2, 0.25) is 0 Å². The van der Waals surface area contributed by atoms with E-state index in [0.29, 0.717) is 0 Å². The van der Waals surface area contributed by atoms with Crippen LogP contribution in [0, 0.1) is 0 Å². The molecule has 0 amide bonds. The number of aromatic nitrogens is 2. The quantitative estimate of drug-likeness (QED) is 0.207. The van der Waals surface area contributed by atoms with Crippen molar-refractivity contribution in [2.24, 2.45) is 0 Å². The van der Waals surface area contributed by atoms with Gasteiger partial charge in [0, 0.05) is 38.3 Å². The van der Waals surface area contributed by atoms with Crippen LogP contribution in [0.5, 0.6) is 0 Å². The van der Waals surface area contributed by atoms with Crippen LogP contribution in [0.4, 0.5) is 0 Å². The molecule has 190 valence electrons. The Hall–Kier alpha value is -5.54. The van der Waals surface area contributed by atoms with Crippen LogP contribution in [0.25, 0.3) is 87.7 Å². The highest BCUT2D eigenvalue weighted by atomic mass is 16.3. The number of para-hydroxylation sites is 2. The van der Waals surface area contributed by atoms with E-state index >= 15 is 0 Å². The van der Waals surface area contributed by atoms with Gasteiger partial charge in [-0.15, -0.1) is 0 Å². The van der Waals surface area contributed by atoms with Crippen LogP contribution in [0.1, 0.15) is 0 Å². The normalized spacial score (nSPS) is 12.4. The smallest absolute Gasteiger partial charge is 0.137 e. The van der Waals surface area contributed by atoms with Gasteiger partial charge in [0.15, 0.2) is 0 Å². The Bertz CT molecular complexity index is 2630. The van der Waals surface area contributed by atoms with Crippen molar-refractivity contribution < 1.29 is 4.42 Å². The zero-order valence-corrected chi connectivity index (χ0v) is 22.0. The Labute approximate surface area is 234 Å². The van der Waals surface area contributed by atoms with E-state index in [-0.39, 0.29) is 0 Å². The van der Waals surface area contributed by atoms with E-state index in [9.17, 15) is 0 Å². The third-order valence-electron chi connectivity index (χ3n) is 8.85. The standard InChI is InChI=1S/C38H22N2O/c1-2-9-25(10-3-1)39-29-12-5-4-11-27(29)28-22-26(19-20-30(28)39)40-31-13-6-8-23-16-17-24-18-21-34-38(36(24)35(23)31)37-32(40)14-7-15-33(37)41-34/h1-22H. The largest absolute Gasteiger partial charge is 0.456 e. The van der Waals surface area contributed by atoms with Crippen molar-refractivity contribution in [3.63, 3.8) is 0 Å². The fraction of sp³-hybridized carbons (Fsp3) is 0. The average molecular weight is 523 g/mol. The topological polar surface area (TPSA) is 23.0 Å². The number of benzene rings is 7. The van der Waals surface area contributed by atoms with Crippen LogP contribution in [-0.4, -0.2) is 9.13 Å². The van der Waals surface area contributed by atoms with Gasteiger partial charge < -0.3 is 13.6 Å². The summed E-state index contributed by atoms with van der Waals surface area (Å²) in [6, 6.07) is 48.2. The average Bonchev–Trinajstić information content (AvgIpc) is 3.53. The second-order valence-electron chi connectivity index (χ2n) is 11.0. The summed E-state index contributed by atoms with van der Waals surface area (Å²) in [7, 11) is 0. The van der Waals surface area contributed by atoms with Gasteiger partial charge in [0.1, 0.15) is 11.2 Å². The van der Waals surface area contributed by atoms with Crippen molar-refractivity contribution in [1.29, 1.82) is 0 Å². The molecule has 0 atom stereocenters. The molecule has 0 aliphatic carbocycles. The first-order chi connectivity index (χ1) is 20.3. The molecule has 0 fully saturated rings. The zero-order chi connectivity index (χ0) is 26.7. The SMILES string of the molecule is c1ccc(-n2c3ccccc3c3cc(-n4c5cccc6ccc7ccc8oc9cccc4c9c8c7c65)ccc32)cc1. The third-order valence-corrected chi connectivity index (χ3v) is 8.85. The lowest BCUT2D eigenvalue weighted by atomic mass is 9.97. The van der Waals surface area contributed by atoms with Crippen molar-refractivity contribution in [3.05, 3.63) is 133 Å². The molecule has 0 saturated carbocycles. The molecular weight excluding hydrogens is 500 g/mol. The van der Waals surface area contributed by atoms with Crippen LogP contribution < -0.4 is 0 Å². The molecule has 0 bridgehead atoms. The molecule has 0 saturated heterocycles. The van der Waals surface area contributed by atoms with E-state index in [2.05, 4.69) is 143 Å². The first-order valence-corrected chi connectivity index (χ1v) is 14.0. The van der Waals surface area contributed by atoms with E-state index in [0.717, 1.165) is 22.4 Å². The summed E-state index contributed by atoms with van der Waals surface area (Å²) < 4.78 is 11.3. The van der Waals surface area contributed by atoms with Gasteiger partial charge in [-0.3, -0.25) is 0 Å². The Balaban J connectivity index is 1.42. The van der Waals surface area contributed by atoms with Crippen molar-refractivity contribution in [1.82, 2.24) is 9.13 Å². The molecule has 0 N–H and O–H groups in total. The van der Waals surface area contributed by atoms with Gasteiger partial charge in [-0.1, -0.05) is 72.8 Å². The van der Waals surface area contributed by atoms with Crippen LogP contribution in [0.3, 0.4) is 0 Å². The first-order valence-electron chi connectivity index (χ1n) is 14.0. The van der Waals surface area contributed by atoms with Crippen molar-refractivity contribution in [2.75, 3.05) is 0 Å². The molecule has 0 radical (unpaired) electrons. The highest BCUT2D eigenvalue weighted by molar-refractivity contribution is 6.33. The fourth-order valence-electron chi connectivity index (χ4n) is 7.20. The van der Waals surface area contributed by atoms with E-state index in [1.807, 2.05) is 0 Å². The third kappa shape index (κ3) is 2.68. The predicted octanol–water partition coefficient (Wildman–Crippen LogP) is 10.4. The summed E-state index contributed by atoms with van der Waals surface area (Å²) >= 11 is 0. The number of hydrogen-bond donors (Lipinski definition) is 0. The summed E-state index contributed by atoms with van der Waals surface area (Å²) in [6.07, 6.45) is 0. The summed E-state index contributed by atoms with van der Waals surface area (Å²) in [5.74, 6) is 0. The molecule has 3 heterocycles. The Morgan fingerprint density at radius 3 is 1.93 bits per heavy atom. The molecule has 0 unspecified atom stereocenters. The summed E-state index contributed by atoms with van der Waals surface area (Å²) in [4.78, 5) is 0. The second kappa shape index (κ2) is 7.56. The molecular formula is C38H22N2O. The monoisotopic (exact) mass is 522 g/mol. The number of hydrogen-bond acceptors (Lipinski definition) is 1. The molecule has 3 aromatic heterocycles. The predicted molar refractivity (Wildman–Crippen MR) is 171 cm³/mol. The van der Waals surface area contributed by atoms with Gasteiger partial charge >= 0.3 is 0 Å². The molecule has 0 aliphatic rings. The summed E-state index contributed by atoms with van der Waals surface area (Å²) in [5.41, 5.74) is 8.89. The summed E-state index contributed by atoms with van der Waals surface area (Å²) in [6.45, 7) is 0. The highest BCUT2D eigenvalue weighted by Crippen LogP contribution is 2.44. The molecule has 41 heavy (non-hydrogen) atoms. The molecule has 10 rings (SSSR count). The maximum Gasteiger partial charge on any atom is 0.137 e. The van der Waals surface area contributed by atoms with Gasteiger partial charge in [-0.2, -0.15) is 0 Å². The number of rotatable bonds is 2. The minimum Gasteiger partial charge on any atom is -0.456 e. The van der Waals surface area contributed by atoms with Crippen LogP contribution in [0.2, 0.25) is 0 Å². The van der Waals surface area contributed by atoms with Crippen LogP contribution in [0.15, 0.2) is 138 Å².